The monoisotopic (exact) mass is 179 g/mol. The summed E-state index contributed by atoms with van der Waals surface area (Å²) >= 11 is 0. The zero-order valence-electron chi connectivity index (χ0n) is 7.01. The Kier molecular flexibility index (Phi) is 2.76. The summed E-state index contributed by atoms with van der Waals surface area (Å²) in [5.41, 5.74) is 0.603. The van der Waals surface area contributed by atoms with Gasteiger partial charge in [-0.15, -0.1) is 0 Å². The number of nitrogens with zero attached hydrogens (tertiary/aromatic N) is 1. The van der Waals surface area contributed by atoms with E-state index in [2.05, 4.69) is 0 Å². The highest BCUT2D eigenvalue weighted by molar-refractivity contribution is 5.56. The normalized spacial score (nSPS) is 11.1. The molecule has 0 saturated carbocycles. The van der Waals surface area contributed by atoms with Crippen molar-refractivity contribution in [1.29, 1.82) is 5.26 Å². The van der Waals surface area contributed by atoms with Crippen LogP contribution in [0.25, 0.3) is 6.08 Å². The van der Waals surface area contributed by atoms with Gasteiger partial charge in [0, 0.05) is 17.2 Å². The smallest absolute Gasteiger partial charge is 0.133 e. The maximum atomic E-state index is 13.0. The van der Waals surface area contributed by atoms with Gasteiger partial charge < -0.3 is 0 Å². The van der Waals surface area contributed by atoms with Crippen LogP contribution in [0.15, 0.2) is 23.8 Å². The Morgan fingerprint density at radius 2 is 2.15 bits per heavy atom. The van der Waals surface area contributed by atoms with E-state index in [1.165, 1.54) is 12.1 Å². The molecule has 0 saturated heterocycles. The second-order valence-corrected chi connectivity index (χ2v) is 2.60. The molecule has 1 nitrogen and oxygen atoms in total. The Hall–Kier alpha value is -1.69. The molecule has 1 rings (SSSR count). The predicted molar refractivity (Wildman–Crippen MR) is 45.6 cm³/mol. The first-order chi connectivity index (χ1) is 6.13. The van der Waals surface area contributed by atoms with E-state index in [-0.39, 0.29) is 5.56 Å². The van der Waals surface area contributed by atoms with Crippen LogP contribution in [-0.2, 0) is 0 Å². The molecule has 0 radical (unpaired) electrons. The number of halogens is 2. The summed E-state index contributed by atoms with van der Waals surface area (Å²) in [5.74, 6) is -1.28. The molecule has 0 spiro atoms. The third-order valence-electron chi connectivity index (χ3n) is 1.51. The first-order valence-electron chi connectivity index (χ1n) is 3.67. The standard InChI is InChI=1S/C10H7F2N/c1-7(6-13)4-8-2-3-9(11)5-10(8)12/h2-5H,1H3/b7-4-. The molecule has 0 aliphatic carbocycles. The molecule has 0 amide bonds. The van der Waals surface area contributed by atoms with Gasteiger partial charge in [0.1, 0.15) is 11.6 Å². The fraction of sp³-hybridized carbons (Fsp3) is 0.100. The minimum atomic E-state index is -0.658. The summed E-state index contributed by atoms with van der Waals surface area (Å²) in [6, 6.07) is 5.09. The first-order valence-corrected chi connectivity index (χ1v) is 3.67. The van der Waals surface area contributed by atoms with Crippen molar-refractivity contribution >= 4 is 6.08 Å². The molecule has 3 heteroatoms. The first kappa shape index (κ1) is 9.40. The minimum absolute atomic E-state index is 0.223. The summed E-state index contributed by atoms with van der Waals surface area (Å²) in [6.07, 6.45) is 1.37. The fourth-order valence-corrected chi connectivity index (χ4v) is 0.884. The Morgan fingerprint density at radius 1 is 1.46 bits per heavy atom. The van der Waals surface area contributed by atoms with Gasteiger partial charge in [-0.25, -0.2) is 8.78 Å². The van der Waals surface area contributed by atoms with Crippen LogP contribution in [0.5, 0.6) is 0 Å². The zero-order valence-corrected chi connectivity index (χ0v) is 7.01. The van der Waals surface area contributed by atoms with Crippen molar-refractivity contribution in [2.75, 3.05) is 0 Å². The van der Waals surface area contributed by atoms with E-state index in [1.807, 2.05) is 6.07 Å². The summed E-state index contributed by atoms with van der Waals surface area (Å²) < 4.78 is 25.4. The lowest BCUT2D eigenvalue weighted by atomic mass is 10.1. The maximum absolute atomic E-state index is 13.0. The summed E-state index contributed by atoms with van der Waals surface area (Å²) in [4.78, 5) is 0. The molecule has 0 unspecified atom stereocenters. The molecule has 1 aromatic rings. The third kappa shape index (κ3) is 2.38. The van der Waals surface area contributed by atoms with Crippen molar-refractivity contribution in [2.24, 2.45) is 0 Å². The Bertz CT molecular complexity index is 388. The predicted octanol–water partition coefficient (Wildman–Crippen LogP) is 2.89. The Balaban J connectivity index is 3.12. The van der Waals surface area contributed by atoms with E-state index in [1.54, 1.807) is 6.92 Å². The van der Waals surface area contributed by atoms with Crippen LogP contribution in [0.4, 0.5) is 8.78 Å². The van der Waals surface area contributed by atoms with Crippen molar-refractivity contribution in [1.82, 2.24) is 0 Å². The molecule has 13 heavy (non-hydrogen) atoms. The molecule has 66 valence electrons. The lowest BCUT2D eigenvalue weighted by Crippen LogP contribution is -1.84. The average molecular weight is 179 g/mol. The fourth-order valence-electron chi connectivity index (χ4n) is 0.884. The summed E-state index contributed by atoms with van der Waals surface area (Å²) in [7, 11) is 0. The lowest BCUT2D eigenvalue weighted by molar-refractivity contribution is 0.581. The molecule has 0 atom stereocenters. The third-order valence-corrected chi connectivity index (χ3v) is 1.51. The van der Waals surface area contributed by atoms with Gasteiger partial charge in [0.05, 0.1) is 6.07 Å². The van der Waals surface area contributed by atoms with Crippen LogP contribution in [-0.4, -0.2) is 0 Å². The second kappa shape index (κ2) is 3.81. The number of nitriles is 1. The van der Waals surface area contributed by atoms with Crippen LogP contribution in [0.3, 0.4) is 0 Å². The number of hydrogen-bond acceptors (Lipinski definition) is 1. The van der Waals surface area contributed by atoms with Crippen molar-refractivity contribution in [3.05, 3.63) is 41.0 Å². The van der Waals surface area contributed by atoms with E-state index in [4.69, 9.17) is 5.26 Å². The molecular weight excluding hydrogens is 172 g/mol. The van der Waals surface area contributed by atoms with Gasteiger partial charge in [-0.1, -0.05) is 0 Å². The SMILES string of the molecule is C/C(C#N)=C/c1ccc(F)cc1F. The molecule has 0 bridgehead atoms. The number of hydrogen-bond donors (Lipinski definition) is 0. The van der Waals surface area contributed by atoms with Crippen LogP contribution < -0.4 is 0 Å². The lowest BCUT2D eigenvalue weighted by Gasteiger charge is -1.96. The second-order valence-electron chi connectivity index (χ2n) is 2.60. The van der Waals surface area contributed by atoms with Crippen LogP contribution in [0.1, 0.15) is 12.5 Å². The number of rotatable bonds is 1. The maximum Gasteiger partial charge on any atom is 0.133 e. The van der Waals surface area contributed by atoms with Gasteiger partial charge in [0.15, 0.2) is 0 Å². The summed E-state index contributed by atoms with van der Waals surface area (Å²) in [6.45, 7) is 1.56. The quantitative estimate of drug-likeness (QED) is 0.608. The topological polar surface area (TPSA) is 23.8 Å². The largest absolute Gasteiger partial charge is 0.207 e. The van der Waals surface area contributed by atoms with Crippen molar-refractivity contribution in [3.8, 4) is 6.07 Å². The van der Waals surface area contributed by atoms with E-state index in [0.717, 1.165) is 12.1 Å². The molecule has 0 aliphatic heterocycles. The van der Waals surface area contributed by atoms with E-state index >= 15 is 0 Å². The van der Waals surface area contributed by atoms with Crippen LogP contribution >= 0.6 is 0 Å². The molecule has 0 fully saturated rings. The summed E-state index contributed by atoms with van der Waals surface area (Å²) in [5, 5.41) is 8.43. The van der Waals surface area contributed by atoms with Gasteiger partial charge in [0.25, 0.3) is 0 Å². The van der Waals surface area contributed by atoms with Gasteiger partial charge in [-0.3, -0.25) is 0 Å². The highest BCUT2D eigenvalue weighted by Gasteiger charge is 2.00. The van der Waals surface area contributed by atoms with Crippen molar-refractivity contribution < 1.29 is 8.78 Å². The highest BCUT2D eigenvalue weighted by Crippen LogP contribution is 2.12. The number of allylic oxidation sites excluding steroid dienone is 1. The molecule has 0 N–H and O–H groups in total. The van der Waals surface area contributed by atoms with E-state index < -0.39 is 11.6 Å². The number of benzene rings is 1. The average Bonchev–Trinajstić information content (AvgIpc) is 2.09. The van der Waals surface area contributed by atoms with Gasteiger partial charge in [-0.05, 0) is 25.1 Å². The minimum Gasteiger partial charge on any atom is -0.207 e. The van der Waals surface area contributed by atoms with E-state index in [0.29, 0.717) is 5.57 Å². The van der Waals surface area contributed by atoms with Crippen molar-refractivity contribution in [3.63, 3.8) is 0 Å². The highest BCUT2D eigenvalue weighted by atomic mass is 19.1. The van der Waals surface area contributed by atoms with Gasteiger partial charge in [-0.2, -0.15) is 5.26 Å². The van der Waals surface area contributed by atoms with Gasteiger partial charge in [0.2, 0.25) is 0 Å². The molecule has 0 heterocycles. The van der Waals surface area contributed by atoms with E-state index in [9.17, 15) is 8.78 Å². The van der Waals surface area contributed by atoms with Gasteiger partial charge >= 0.3 is 0 Å². The molecular formula is C10H7F2N. The van der Waals surface area contributed by atoms with Crippen molar-refractivity contribution in [2.45, 2.75) is 6.92 Å². The zero-order chi connectivity index (χ0) is 9.84. The molecule has 0 aliphatic rings. The molecule has 1 aromatic carbocycles. The Labute approximate surface area is 74.9 Å². The van der Waals surface area contributed by atoms with Crippen LogP contribution in [0, 0.1) is 23.0 Å². The Morgan fingerprint density at radius 3 is 2.69 bits per heavy atom. The molecule has 0 aromatic heterocycles. The van der Waals surface area contributed by atoms with Crippen LogP contribution in [0.2, 0.25) is 0 Å².